The summed E-state index contributed by atoms with van der Waals surface area (Å²) >= 11 is 0. The van der Waals surface area contributed by atoms with Crippen LogP contribution in [0, 0.1) is 5.92 Å². The van der Waals surface area contributed by atoms with Crippen LogP contribution in [0.2, 0.25) is 0 Å². The van der Waals surface area contributed by atoms with Gasteiger partial charge < -0.3 is 5.32 Å². The van der Waals surface area contributed by atoms with Crippen LogP contribution in [0.4, 0.5) is 0 Å². The molecule has 0 radical (unpaired) electrons. The van der Waals surface area contributed by atoms with E-state index < -0.39 is 0 Å². The van der Waals surface area contributed by atoms with Gasteiger partial charge in [-0.2, -0.15) is 0 Å². The van der Waals surface area contributed by atoms with Crippen LogP contribution in [0.3, 0.4) is 0 Å². The van der Waals surface area contributed by atoms with Gasteiger partial charge in [0.2, 0.25) is 0 Å². The molecule has 0 aliphatic carbocycles. The fourth-order valence-corrected chi connectivity index (χ4v) is 2.26. The van der Waals surface area contributed by atoms with Crippen molar-refractivity contribution in [1.82, 2.24) is 10.2 Å². The average molecular weight is 184 g/mol. The second-order valence-electron chi connectivity index (χ2n) is 4.62. The maximum absolute atomic E-state index is 3.34. The molecule has 0 aromatic rings. The fourth-order valence-electron chi connectivity index (χ4n) is 2.26. The zero-order valence-electron chi connectivity index (χ0n) is 9.51. The Kier molecular flexibility index (Phi) is 4.20. The Morgan fingerprint density at radius 2 is 1.92 bits per heavy atom. The van der Waals surface area contributed by atoms with Crippen LogP contribution in [0.1, 0.15) is 34.1 Å². The molecule has 1 unspecified atom stereocenters. The van der Waals surface area contributed by atoms with Gasteiger partial charge in [-0.3, -0.25) is 4.90 Å². The SMILES string of the molecule is CCN(C(C)CC(C)C)C1CNC1. The normalized spacial score (nSPS) is 20.8. The van der Waals surface area contributed by atoms with E-state index in [1.165, 1.54) is 26.1 Å². The molecule has 1 heterocycles. The van der Waals surface area contributed by atoms with E-state index in [9.17, 15) is 0 Å². The van der Waals surface area contributed by atoms with Crippen LogP contribution in [0.15, 0.2) is 0 Å². The zero-order valence-corrected chi connectivity index (χ0v) is 9.51. The second-order valence-corrected chi connectivity index (χ2v) is 4.62. The minimum Gasteiger partial charge on any atom is -0.314 e. The minimum atomic E-state index is 0.747. The molecule has 2 nitrogen and oxygen atoms in total. The Bertz CT molecular complexity index is 141. The molecule has 1 saturated heterocycles. The van der Waals surface area contributed by atoms with Gasteiger partial charge in [-0.15, -0.1) is 0 Å². The molecular weight excluding hydrogens is 160 g/mol. The third-order valence-electron chi connectivity index (χ3n) is 2.97. The highest BCUT2D eigenvalue weighted by molar-refractivity contribution is 4.86. The summed E-state index contributed by atoms with van der Waals surface area (Å²) in [6, 6.07) is 1.55. The lowest BCUT2D eigenvalue weighted by atomic mass is 10.0. The molecule has 0 aromatic carbocycles. The molecule has 0 spiro atoms. The predicted molar refractivity (Wildman–Crippen MR) is 58.0 cm³/mol. The molecule has 0 bridgehead atoms. The summed E-state index contributed by atoms with van der Waals surface area (Å²) in [6.07, 6.45) is 1.32. The number of nitrogens with zero attached hydrogens (tertiary/aromatic N) is 1. The van der Waals surface area contributed by atoms with Gasteiger partial charge in [0, 0.05) is 25.2 Å². The third-order valence-corrected chi connectivity index (χ3v) is 2.97. The van der Waals surface area contributed by atoms with Gasteiger partial charge in [0.1, 0.15) is 0 Å². The summed E-state index contributed by atoms with van der Waals surface area (Å²) in [7, 11) is 0. The quantitative estimate of drug-likeness (QED) is 0.700. The maximum Gasteiger partial charge on any atom is 0.0348 e. The minimum absolute atomic E-state index is 0.747. The lowest BCUT2D eigenvalue weighted by Crippen LogP contribution is -2.59. The molecule has 1 aliphatic rings. The Balaban J connectivity index is 2.35. The molecule has 0 amide bonds. The predicted octanol–water partition coefficient (Wildman–Crippen LogP) is 1.71. The highest BCUT2D eigenvalue weighted by atomic mass is 15.2. The topological polar surface area (TPSA) is 15.3 Å². The summed E-state index contributed by atoms with van der Waals surface area (Å²) in [4.78, 5) is 2.64. The summed E-state index contributed by atoms with van der Waals surface area (Å²) in [6.45, 7) is 12.8. The molecule has 1 fully saturated rings. The van der Waals surface area contributed by atoms with Crippen molar-refractivity contribution in [3.05, 3.63) is 0 Å². The van der Waals surface area contributed by atoms with Crippen molar-refractivity contribution in [3.8, 4) is 0 Å². The van der Waals surface area contributed by atoms with E-state index in [4.69, 9.17) is 0 Å². The van der Waals surface area contributed by atoms with Crippen molar-refractivity contribution < 1.29 is 0 Å². The van der Waals surface area contributed by atoms with Crippen LogP contribution in [0.5, 0.6) is 0 Å². The molecule has 13 heavy (non-hydrogen) atoms. The van der Waals surface area contributed by atoms with E-state index in [0.717, 1.165) is 18.0 Å². The Morgan fingerprint density at radius 3 is 2.23 bits per heavy atom. The largest absolute Gasteiger partial charge is 0.314 e. The summed E-state index contributed by atoms with van der Waals surface area (Å²) in [5, 5.41) is 3.34. The van der Waals surface area contributed by atoms with Gasteiger partial charge in [0.15, 0.2) is 0 Å². The second kappa shape index (κ2) is 4.97. The van der Waals surface area contributed by atoms with Gasteiger partial charge >= 0.3 is 0 Å². The highest BCUT2D eigenvalue weighted by Crippen LogP contribution is 2.15. The van der Waals surface area contributed by atoms with E-state index in [1.807, 2.05) is 0 Å². The number of rotatable bonds is 5. The van der Waals surface area contributed by atoms with Gasteiger partial charge in [-0.25, -0.2) is 0 Å². The van der Waals surface area contributed by atoms with Crippen molar-refractivity contribution in [1.29, 1.82) is 0 Å². The first-order valence-corrected chi connectivity index (χ1v) is 5.61. The van der Waals surface area contributed by atoms with Crippen molar-refractivity contribution in [3.63, 3.8) is 0 Å². The smallest absolute Gasteiger partial charge is 0.0348 e. The van der Waals surface area contributed by atoms with Crippen molar-refractivity contribution in [2.45, 2.75) is 46.2 Å². The van der Waals surface area contributed by atoms with Gasteiger partial charge in [-0.1, -0.05) is 20.8 Å². The number of nitrogens with one attached hydrogen (secondary N) is 1. The van der Waals surface area contributed by atoms with Crippen LogP contribution in [-0.4, -0.2) is 36.6 Å². The first-order valence-electron chi connectivity index (χ1n) is 5.61. The lowest BCUT2D eigenvalue weighted by molar-refractivity contribution is 0.0979. The maximum atomic E-state index is 3.34. The lowest BCUT2D eigenvalue weighted by Gasteiger charge is -2.41. The van der Waals surface area contributed by atoms with Crippen LogP contribution < -0.4 is 5.32 Å². The summed E-state index contributed by atoms with van der Waals surface area (Å²) in [5.41, 5.74) is 0. The van der Waals surface area contributed by atoms with E-state index in [2.05, 4.69) is 37.9 Å². The van der Waals surface area contributed by atoms with E-state index in [-0.39, 0.29) is 0 Å². The van der Waals surface area contributed by atoms with Gasteiger partial charge in [-0.05, 0) is 25.8 Å². The molecule has 1 atom stereocenters. The molecule has 1 rings (SSSR count). The van der Waals surface area contributed by atoms with Crippen LogP contribution in [-0.2, 0) is 0 Å². The Morgan fingerprint density at radius 1 is 1.31 bits per heavy atom. The van der Waals surface area contributed by atoms with Crippen molar-refractivity contribution in [2.75, 3.05) is 19.6 Å². The molecule has 1 aliphatic heterocycles. The van der Waals surface area contributed by atoms with Crippen LogP contribution >= 0.6 is 0 Å². The van der Waals surface area contributed by atoms with E-state index in [0.29, 0.717) is 0 Å². The number of likely N-dealkylation sites (N-methyl/N-ethyl adjacent to an activating group) is 1. The summed E-state index contributed by atoms with van der Waals surface area (Å²) < 4.78 is 0. The van der Waals surface area contributed by atoms with E-state index in [1.54, 1.807) is 0 Å². The zero-order chi connectivity index (χ0) is 9.84. The molecule has 2 heteroatoms. The monoisotopic (exact) mass is 184 g/mol. The van der Waals surface area contributed by atoms with Gasteiger partial charge in [0.25, 0.3) is 0 Å². The van der Waals surface area contributed by atoms with Crippen molar-refractivity contribution in [2.24, 2.45) is 5.92 Å². The molecule has 0 aromatic heterocycles. The van der Waals surface area contributed by atoms with Crippen LogP contribution in [0.25, 0.3) is 0 Å². The molecule has 78 valence electrons. The summed E-state index contributed by atoms with van der Waals surface area (Å²) in [5.74, 6) is 0.817. The average Bonchev–Trinajstić information content (AvgIpc) is 1.94. The molecular formula is C11H24N2. The Labute approximate surface area is 82.7 Å². The standard InChI is InChI=1S/C11H24N2/c1-5-13(11-7-12-8-11)10(4)6-9(2)3/h9-12H,5-8H2,1-4H3. The molecule has 1 N–H and O–H groups in total. The van der Waals surface area contributed by atoms with Gasteiger partial charge in [0.05, 0.1) is 0 Å². The van der Waals surface area contributed by atoms with Crippen molar-refractivity contribution >= 4 is 0 Å². The highest BCUT2D eigenvalue weighted by Gasteiger charge is 2.26. The first kappa shape index (κ1) is 11.0. The Hall–Kier alpha value is -0.0800. The van der Waals surface area contributed by atoms with E-state index >= 15 is 0 Å². The third kappa shape index (κ3) is 2.96. The molecule has 0 saturated carbocycles. The number of hydrogen-bond donors (Lipinski definition) is 1. The fraction of sp³-hybridized carbons (Fsp3) is 1.00. The number of hydrogen-bond acceptors (Lipinski definition) is 2. The first-order chi connectivity index (χ1) is 6.15.